The van der Waals surface area contributed by atoms with Gasteiger partial charge in [-0.2, -0.15) is 35.0 Å². The molecule has 0 saturated carbocycles. The van der Waals surface area contributed by atoms with Gasteiger partial charge in [-0.1, -0.05) is 0 Å². The van der Waals surface area contributed by atoms with Gasteiger partial charge in [-0.3, -0.25) is 4.74 Å². The summed E-state index contributed by atoms with van der Waals surface area (Å²) >= 11 is 2.68. The zero-order chi connectivity index (χ0) is 18.3. The van der Waals surface area contributed by atoms with Gasteiger partial charge in [0, 0.05) is 13.1 Å². The smallest absolute Gasteiger partial charge is 0.379 e. The van der Waals surface area contributed by atoms with Gasteiger partial charge in [-0.15, -0.1) is 0 Å². The van der Waals surface area contributed by atoms with E-state index >= 15 is 0 Å². The van der Waals surface area contributed by atoms with Crippen LogP contribution in [0.1, 0.15) is 0 Å². The molecule has 0 aliphatic carbocycles. The van der Waals surface area contributed by atoms with Crippen LogP contribution in [-0.2, 0) is 19.5 Å². The van der Waals surface area contributed by atoms with E-state index in [1.807, 2.05) is 0 Å². The molecule has 0 amide bonds. The van der Waals surface area contributed by atoms with Gasteiger partial charge in [-0.25, -0.2) is 8.42 Å². The van der Waals surface area contributed by atoms with E-state index in [-0.39, 0.29) is 17.5 Å². The van der Waals surface area contributed by atoms with E-state index in [0.717, 1.165) is 0 Å². The molecule has 1 aliphatic heterocycles. The summed E-state index contributed by atoms with van der Waals surface area (Å²) in [5.41, 5.74) is 0. The molecule has 1 rings (SSSR count). The first-order chi connectivity index (χ1) is 10.1. The summed E-state index contributed by atoms with van der Waals surface area (Å²) < 4.78 is 119. The van der Waals surface area contributed by atoms with E-state index in [1.165, 1.54) is 31.9 Å². The fourth-order valence-corrected chi connectivity index (χ4v) is 2.96. The highest BCUT2D eigenvalue weighted by Crippen LogP contribution is 2.51. The molecule has 5 nitrogen and oxygen atoms in total. The summed E-state index contributed by atoms with van der Waals surface area (Å²) in [6, 6.07) is 0. The van der Waals surface area contributed by atoms with Gasteiger partial charge in [0.05, 0.1) is 13.2 Å². The second kappa shape index (κ2) is 6.55. The van der Waals surface area contributed by atoms with Crippen LogP contribution in [0.15, 0.2) is 0 Å². The molecule has 15 heteroatoms. The average Bonchev–Trinajstić information content (AvgIpc) is 2.36. The maximum Gasteiger partial charge on any atom is 0.448 e. The molecule has 1 aliphatic rings. The Labute approximate surface area is 142 Å². The van der Waals surface area contributed by atoms with Crippen LogP contribution in [0.4, 0.5) is 30.7 Å². The minimum absolute atomic E-state index is 0.0335. The largest absolute Gasteiger partial charge is 0.448 e. The van der Waals surface area contributed by atoms with Gasteiger partial charge in [-0.05, 0) is 31.9 Å². The van der Waals surface area contributed by atoms with Crippen molar-refractivity contribution in [1.82, 2.24) is 4.31 Å². The molecule has 0 aromatic carbocycles. The van der Waals surface area contributed by atoms with E-state index in [4.69, 9.17) is 0 Å². The van der Waals surface area contributed by atoms with Crippen LogP contribution in [-0.4, -0.2) is 60.0 Å². The van der Waals surface area contributed by atoms with Crippen LogP contribution in [0.5, 0.6) is 0 Å². The molecule has 1 atom stereocenters. The second-order valence-corrected chi connectivity index (χ2v) is 8.16. The Hall–Kier alpha value is 0.300. The van der Waals surface area contributed by atoms with Crippen LogP contribution >= 0.6 is 31.9 Å². The maximum absolute atomic E-state index is 13.7. The lowest BCUT2D eigenvalue weighted by Crippen LogP contribution is -2.59. The summed E-state index contributed by atoms with van der Waals surface area (Å²) in [5.74, 6) is 0. The Morgan fingerprint density at radius 3 is 1.78 bits per heavy atom. The molecular formula is C8H8Br2F7NO4S. The number of sulfonamides is 1. The highest BCUT2D eigenvalue weighted by Gasteiger charge is 2.73. The van der Waals surface area contributed by atoms with Gasteiger partial charge < -0.3 is 4.74 Å². The van der Waals surface area contributed by atoms with Crippen molar-refractivity contribution in [3.63, 3.8) is 0 Å². The monoisotopic (exact) mass is 505 g/mol. The minimum Gasteiger partial charge on any atom is -0.379 e. The maximum atomic E-state index is 13.7. The molecule has 0 aromatic rings. The van der Waals surface area contributed by atoms with E-state index in [2.05, 4.69) is 9.47 Å². The first-order valence-electron chi connectivity index (χ1n) is 5.54. The predicted molar refractivity (Wildman–Crippen MR) is 68.9 cm³/mol. The quantitative estimate of drug-likeness (QED) is 0.411. The summed E-state index contributed by atoms with van der Waals surface area (Å²) in [7, 11) is -6.04. The zero-order valence-electron chi connectivity index (χ0n) is 10.7. The third kappa shape index (κ3) is 4.11. The first-order valence-corrected chi connectivity index (χ1v) is 8.56. The minimum atomic E-state index is -6.11. The molecule has 1 saturated heterocycles. The third-order valence-electron chi connectivity index (χ3n) is 2.56. The van der Waals surface area contributed by atoms with Crippen LogP contribution in [0, 0.1) is 0 Å². The molecule has 23 heavy (non-hydrogen) atoms. The van der Waals surface area contributed by atoms with Crippen molar-refractivity contribution >= 4 is 41.9 Å². The Balaban J connectivity index is 3.13. The molecule has 138 valence electrons. The fourth-order valence-electron chi connectivity index (χ4n) is 1.38. The lowest BCUT2D eigenvalue weighted by molar-refractivity contribution is -0.375. The number of halogens is 9. The number of hydrogen-bond donors (Lipinski definition) is 0. The molecule has 0 spiro atoms. The molecule has 0 N–H and O–H groups in total. The van der Waals surface area contributed by atoms with Gasteiger partial charge in [0.15, 0.2) is 0 Å². The van der Waals surface area contributed by atoms with Gasteiger partial charge in [0.25, 0.3) is 10.0 Å². The summed E-state index contributed by atoms with van der Waals surface area (Å²) in [5, 5.41) is -6.01. The SMILES string of the molecule is O=S(=O)(N1CCOCC1)C(F)(F)C(F)(F)OC(F)(Br)C(F)(F)Br. The van der Waals surface area contributed by atoms with Crippen molar-refractivity contribution < 1.29 is 48.6 Å². The average molecular weight is 507 g/mol. The highest BCUT2D eigenvalue weighted by molar-refractivity contribution is 9.12. The summed E-state index contributed by atoms with van der Waals surface area (Å²) in [6.07, 6.45) is -6.11. The van der Waals surface area contributed by atoms with Crippen LogP contribution in [0.25, 0.3) is 0 Å². The third-order valence-corrected chi connectivity index (χ3v) is 6.19. The van der Waals surface area contributed by atoms with Gasteiger partial charge in [0.2, 0.25) is 0 Å². The standard InChI is InChI=1S/C8H8Br2F7NO4S/c9-5(11,12)6(10,13)22-7(14,15)8(16,17)23(19,20)18-1-3-21-4-2-18/h1-4H2. The van der Waals surface area contributed by atoms with Crippen molar-refractivity contribution in [3.05, 3.63) is 0 Å². The van der Waals surface area contributed by atoms with E-state index in [9.17, 15) is 39.2 Å². The normalized spacial score (nSPS) is 22.0. The molecular weight excluding hydrogens is 499 g/mol. The molecule has 0 radical (unpaired) electrons. The summed E-state index contributed by atoms with van der Waals surface area (Å²) in [4.78, 5) is -4.86. The van der Waals surface area contributed by atoms with Crippen molar-refractivity contribution in [3.8, 4) is 0 Å². The Morgan fingerprint density at radius 2 is 1.39 bits per heavy atom. The molecule has 0 bridgehead atoms. The Bertz CT molecular complexity index is 533. The van der Waals surface area contributed by atoms with Gasteiger partial charge in [0.1, 0.15) is 0 Å². The number of ether oxygens (including phenoxy) is 2. The Morgan fingerprint density at radius 1 is 0.957 bits per heavy atom. The number of hydrogen-bond acceptors (Lipinski definition) is 4. The highest BCUT2D eigenvalue weighted by atomic mass is 79.9. The van der Waals surface area contributed by atoms with Crippen molar-refractivity contribution in [2.75, 3.05) is 26.3 Å². The number of rotatable bonds is 6. The lowest BCUT2D eigenvalue weighted by atomic mass is 10.5. The van der Waals surface area contributed by atoms with Crippen molar-refractivity contribution in [2.24, 2.45) is 0 Å². The lowest BCUT2D eigenvalue weighted by Gasteiger charge is -2.35. The fraction of sp³-hybridized carbons (Fsp3) is 1.00. The predicted octanol–water partition coefficient (Wildman–Crippen LogP) is 2.86. The summed E-state index contributed by atoms with van der Waals surface area (Å²) in [6.45, 7) is -2.02. The van der Waals surface area contributed by atoms with E-state index < -0.39 is 44.1 Å². The first kappa shape index (κ1) is 21.3. The number of alkyl halides is 9. The van der Waals surface area contributed by atoms with Gasteiger partial charge >= 0.3 is 21.0 Å². The second-order valence-electron chi connectivity index (χ2n) is 4.17. The topological polar surface area (TPSA) is 55.8 Å². The zero-order valence-corrected chi connectivity index (χ0v) is 14.7. The van der Waals surface area contributed by atoms with E-state index in [0.29, 0.717) is 0 Å². The molecule has 0 aromatic heterocycles. The van der Waals surface area contributed by atoms with E-state index in [1.54, 1.807) is 0 Å². The van der Waals surface area contributed by atoms with Crippen LogP contribution < -0.4 is 0 Å². The molecule has 1 unspecified atom stereocenters. The molecule has 1 fully saturated rings. The van der Waals surface area contributed by atoms with Crippen LogP contribution in [0.2, 0.25) is 0 Å². The van der Waals surface area contributed by atoms with Crippen LogP contribution in [0.3, 0.4) is 0 Å². The number of morpholine rings is 1. The number of nitrogens with zero attached hydrogens (tertiary/aromatic N) is 1. The van der Waals surface area contributed by atoms with Crippen molar-refractivity contribution in [1.29, 1.82) is 0 Å². The van der Waals surface area contributed by atoms with Crippen molar-refractivity contribution in [2.45, 2.75) is 21.0 Å². The molecule has 1 heterocycles. The Kier molecular flexibility index (Phi) is 6.08.